The van der Waals surface area contributed by atoms with Crippen LogP contribution in [0.25, 0.3) is 0 Å². The van der Waals surface area contributed by atoms with Crippen molar-refractivity contribution < 1.29 is 44.5 Å². The lowest BCUT2D eigenvalue weighted by Crippen LogP contribution is -2.43. The van der Waals surface area contributed by atoms with E-state index < -0.39 is 72.5 Å². The van der Waals surface area contributed by atoms with Crippen molar-refractivity contribution >= 4 is 5.97 Å². The van der Waals surface area contributed by atoms with Crippen LogP contribution in [0.15, 0.2) is 46.1 Å². The van der Waals surface area contributed by atoms with Crippen LogP contribution in [-0.4, -0.2) is 96.6 Å². The Bertz CT molecular complexity index is 1300. The molecule has 1 aromatic heterocycles. The van der Waals surface area contributed by atoms with Gasteiger partial charge in [0.05, 0.1) is 5.56 Å². The Morgan fingerprint density at radius 3 is 2.35 bits per heavy atom. The van der Waals surface area contributed by atoms with E-state index >= 15 is 0 Å². The number of aliphatic hydroxyl groups excluding tert-OH is 4. The van der Waals surface area contributed by atoms with Gasteiger partial charge in [-0.05, 0) is 24.3 Å². The summed E-state index contributed by atoms with van der Waals surface area (Å²) in [6.07, 6.45) is -11.7. The Morgan fingerprint density at radius 1 is 1.05 bits per heavy atom. The lowest BCUT2D eigenvalue weighted by molar-refractivity contribution is -0.205. The minimum Gasteiger partial charge on any atom is -0.478 e. The highest BCUT2D eigenvalue weighted by molar-refractivity contribution is 5.87. The maximum Gasteiger partial charge on any atom is 0.335 e. The second kappa shape index (κ2) is 10.9. The Morgan fingerprint density at radius 2 is 1.76 bits per heavy atom. The molecule has 14 heteroatoms. The normalized spacial score (nSPS) is 32.0. The molecule has 2 fully saturated rings. The highest BCUT2D eigenvalue weighted by atomic mass is 16.7. The fourth-order valence-corrected chi connectivity index (χ4v) is 4.00. The minimum absolute atomic E-state index is 0.0366. The third-order valence-corrected chi connectivity index (χ3v) is 6.02. The van der Waals surface area contributed by atoms with Crippen LogP contribution in [0, 0.1) is 11.8 Å². The molecule has 14 nitrogen and oxygen atoms in total. The highest BCUT2D eigenvalue weighted by Crippen LogP contribution is 2.33. The first-order chi connectivity index (χ1) is 17.6. The van der Waals surface area contributed by atoms with Gasteiger partial charge >= 0.3 is 11.7 Å². The third kappa shape index (κ3) is 5.49. The number of carboxylic acids is 1. The Balaban J connectivity index is 1.64. The number of nitrogens with zero attached hydrogens (tertiary/aromatic N) is 1. The molecule has 3 heterocycles. The molecule has 2 aromatic rings. The van der Waals surface area contributed by atoms with E-state index in [2.05, 4.69) is 11.8 Å². The van der Waals surface area contributed by atoms with Gasteiger partial charge in [0.1, 0.15) is 36.6 Å². The first-order valence-corrected chi connectivity index (χ1v) is 11.2. The molecule has 0 spiro atoms. The molecule has 198 valence electrons. The van der Waals surface area contributed by atoms with E-state index in [4.69, 9.17) is 25.1 Å². The van der Waals surface area contributed by atoms with Crippen LogP contribution in [0.4, 0.5) is 0 Å². The van der Waals surface area contributed by atoms with Crippen molar-refractivity contribution in [3.8, 4) is 11.8 Å². The standard InChI is InChI=1S/C23H25N3O11/c24-9-13-15(28)18(31)22(36-13)35-12(6-3-10-1-4-11(5-2-10)21(32)33)19-16(29)17(30)20(37-19)26-8-7-14(27)25-23(26)34/h1-2,4-5,7-8,12-13,15-20,22,28-31H,9,24H2,(H,32,33)(H,25,27,34)/t12-,13+,15+,16-,17+,18+,19+,20+,22+/m0/s1. The molecule has 8 N–H and O–H groups in total. The van der Waals surface area contributed by atoms with E-state index in [9.17, 15) is 34.8 Å². The van der Waals surface area contributed by atoms with Gasteiger partial charge < -0.3 is 45.5 Å². The van der Waals surface area contributed by atoms with Crippen LogP contribution < -0.4 is 17.0 Å². The van der Waals surface area contributed by atoms with E-state index in [1.54, 1.807) is 0 Å². The number of benzene rings is 1. The molecular formula is C23H25N3O11. The summed E-state index contributed by atoms with van der Waals surface area (Å²) in [7, 11) is 0. The number of rotatable bonds is 6. The zero-order chi connectivity index (χ0) is 26.9. The molecule has 1 aromatic carbocycles. The second-order valence-corrected chi connectivity index (χ2v) is 8.46. The van der Waals surface area contributed by atoms with Gasteiger partial charge in [-0.3, -0.25) is 14.3 Å². The maximum atomic E-state index is 12.2. The number of aliphatic hydroxyl groups is 4. The van der Waals surface area contributed by atoms with Gasteiger partial charge in [-0.15, -0.1) is 0 Å². The lowest BCUT2D eigenvalue weighted by Gasteiger charge is -2.26. The predicted molar refractivity (Wildman–Crippen MR) is 122 cm³/mol. The van der Waals surface area contributed by atoms with Crippen LogP contribution >= 0.6 is 0 Å². The van der Waals surface area contributed by atoms with Crippen molar-refractivity contribution in [3.63, 3.8) is 0 Å². The number of carboxylic acid groups (broad SMARTS) is 1. The number of nitrogens with two attached hydrogens (primary N) is 1. The average Bonchev–Trinajstić information content (AvgIpc) is 3.32. The molecule has 9 atom stereocenters. The largest absolute Gasteiger partial charge is 0.478 e. The van der Waals surface area contributed by atoms with E-state index in [1.807, 2.05) is 4.98 Å². The first kappa shape index (κ1) is 26.7. The molecule has 0 radical (unpaired) electrons. The highest BCUT2D eigenvalue weighted by Gasteiger charge is 2.50. The van der Waals surface area contributed by atoms with Crippen molar-refractivity contribution in [2.24, 2.45) is 5.73 Å². The number of hydrogen-bond donors (Lipinski definition) is 7. The van der Waals surface area contributed by atoms with Gasteiger partial charge in [0.2, 0.25) is 0 Å². The molecule has 0 saturated carbocycles. The Hall–Kier alpha value is -3.39. The van der Waals surface area contributed by atoms with Gasteiger partial charge in [0.25, 0.3) is 5.56 Å². The van der Waals surface area contributed by atoms with E-state index in [1.165, 1.54) is 24.3 Å². The van der Waals surface area contributed by atoms with E-state index in [-0.39, 0.29) is 12.1 Å². The fraction of sp³-hybridized carbons (Fsp3) is 0.435. The van der Waals surface area contributed by atoms with Crippen LogP contribution in [0.3, 0.4) is 0 Å². The van der Waals surface area contributed by atoms with Gasteiger partial charge in [-0.1, -0.05) is 11.8 Å². The number of H-pyrrole nitrogens is 1. The van der Waals surface area contributed by atoms with Crippen molar-refractivity contribution in [2.45, 2.75) is 55.2 Å². The van der Waals surface area contributed by atoms with E-state index in [0.717, 1.165) is 16.8 Å². The molecule has 4 rings (SSSR count). The summed E-state index contributed by atoms with van der Waals surface area (Å²) in [6, 6.07) is 6.57. The molecule has 0 bridgehead atoms. The SMILES string of the molecule is NC[C@H]1O[C@@H](O[C@@H](C#Cc2ccc(C(=O)O)cc2)[C@H]2O[C@@H](n3ccc(=O)[nH]c3=O)[C@H](O)[C@@H]2O)[C@H](O)[C@@H]1O. The molecular weight excluding hydrogens is 494 g/mol. The number of hydrogen-bond acceptors (Lipinski definition) is 11. The van der Waals surface area contributed by atoms with Gasteiger partial charge in [0.15, 0.2) is 18.6 Å². The van der Waals surface area contributed by atoms with Gasteiger partial charge in [0, 0.05) is 24.4 Å². The minimum atomic E-state index is -1.65. The number of aromatic amines is 1. The molecule has 2 aliphatic heterocycles. The number of aromatic carboxylic acids is 1. The van der Waals surface area contributed by atoms with Crippen LogP contribution in [-0.2, 0) is 14.2 Å². The average molecular weight is 519 g/mol. The van der Waals surface area contributed by atoms with Crippen molar-refractivity contribution in [2.75, 3.05) is 6.54 Å². The summed E-state index contributed by atoms with van der Waals surface area (Å²) >= 11 is 0. The smallest absolute Gasteiger partial charge is 0.335 e. The van der Waals surface area contributed by atoms with Crippen molar-refractivity contribution in [3.05, 3.63) is 68.5 Å². The van der Waals surface area contributed by atoms with Crippen LogP contribution in [0.1, 0.15) is 22.1 Å². The third-order valence-electron chi connectivity index (χ3n) is 6.02. The topological polar surface area (TPSA) is 227 Å². The summed E-state index contributed by atoms with van der Waals surface area (Å²) in [5.74, 6) is 4.32. The quantitative estimate of drug-likeness (QED) is 0.186. The number of ether oxygens (including phenoxy) is 3. The maximum absolute atomic E-state index is 12.2. The van der Waals surface area contributed by atoms with Crippen LogP contribution in [0.5, 0.6) is 0 Å². The summed E-state index contributed by atoms with van der Waals surface area (Å²) < 4.78 is 17.8. The summed E-state index contributed by atoms with van der Waals surface area (Å²) in [4.78, 5) is 36.7. The van der Waals surface area contributed by atoms with Crippen molar-refractivity contribution in [1.29, 1.82) is 0 Å². The van der Waals surface area contributed by atoms with Gasteiger partial charge in [-0.2, -0.15) is 0 Å². The first-order valence-electron chi connectivity index (χ1n) is 11.2. The number of carbonyl (C=O) groups is 1. The molecule has 0 unspecified atom stereocenters. The number of aromatic nitrogens is 2. The lowest BCUT2D eigenvalue weighted by atomic mass is 10.0. The molecule has 0 aliphatic carbocycles. The molecule has 2 aliphatic rings. The van der Waals surface area contributed by atoms with E-state index in [0.29, 0.717) is 5.56 Å². The molecule has 2 saturated heterocycles. The predicted octanol–water partition coefficient (Wildman–Crippen LogP) is -3.30. The zero-order valence-corrected chi connectivity index (χ0v) is 19.1. The Labute approximate surface area is 208 Å². The zero-order valence-electron chi connectivity index (χ0n) is 19.1. The summed E-state index contributed by atoms with van der Waals surface area (Å²) in [5, 5.41) is 50.9. The van der Waals surface area contributed by atoms with Gasteiger partial charge in [-0.25, -0.2) is 9.59 Å². The van der Waals surface area contributed by atoms with Crippen LogP contribution in [0.2, 0.25) is 0 Å². The Kier molecular flexibility index (Phi) is 7.87. The molecule has 0 amide bonds. The summed E-state index contributed by atoms with van der Waals surface area (Å²) in [6.45, 7) is -0.122. The molecule has 37 heavy (non-hydrogen) atoms. The number of nitrogens with one attached hydrogen (secondary N) is 1. The fourth-order valence-electron chi connectivity index (χ4n) is 4.00. The second-order valence-electron chi connectivity index (χ2n) is 8.46. The summed E-state index contributed by atoms with van der Waals surface area (Å²) in [5.41, 5.74) is 4.38. The van der Waals surface area contributed by atoms with Crippen molar-refractivity contribution in [1.82, 2.24) is 9.55 Å². The monoisotopic (exact) mass is 519 g/mol.